The number of amides is 1. The van der Waals surface area contributed by atoms with Crippen LogP contribution in [0.2, 0.25) is 0 Å². The number of nitrogens with zero attached hydrogens (tertiary/aromatic N) is 1. The van der Waals surface area contributed by atoms with Crippen molar-refractivity contribution >= 4 is 6.09 Å². The number of carbonyl (C=O) groups is 1. The first-order valence-corrected chi connectivity index (χ1v) is 6.79. The van der Waals surface area contributed by atoms with Gasteiger partial charge in [-0.05, 0) is 52.4 Å². The Morgan fingerprint density at radius 2 is 1.76 bits per heavy atom. The highest BCUT2D eigenvalue weighted by molar-refractivity contribution is 5.68. The fraction of sp³-hybridized carbons (Fsp3) is 0.929. The molecule has 0 N–H and O–H groups in total. The minimum absolute atomic E-state index is 0.183. The van der Waals surface area contributed by atoms with Crippen LogP contribution in [0, 0.1) is 5.92 Å². The van der Waals surface area contributed by atoms with E-state index in [1.807, 2.05) is 27.8 Å². The molecule has 100 valence electrons. The lowest BCUT2D eigenvalue weighted by Gasteiger charge is -2.35. The highest BCUT2D eigenvalue weighted by atomic mass is 16.6. The first kappa shape index (κ1) is 14.3. The topological polar surface area (TPSA) is 29.5 Å². The Morgan fingerprint density at radius 3 is 2.18 bits per heavy atom. The van der Waals surface area contributed by atoms with E-state index in [1.165, 1.54) is 19.3 Å². The van der Waals surface area contributed by atoms with Gasteiger partial charge in [-0.25, -0.2) is 4.79 Å². The summed E-state index contributed by atoms with van der Waals surface area (Å²) in [6.45, 7) is 7.98. The zero-order valence-electron chi connectivity index (χ0n) is 12.0. The second kappa shape index (κ2) is 5.74. The van der Waals surface area contributed by atoms with Crippen molar-refractivity contribution in [1.29, 1.82) is 0 Å². The Morgan fingerprint density at radius 1 is 1.24 bits per heavy atom. The van der Waals surface area contributed by atoms with E-state index in [4.69, 9.17) is 4.74 Å². The van der Waals surface area contributed by atoms with Gasteiger partial charge in [-0.1, -0.05) is 13.3 Å². The van der Waals surface area contributed by atoms with Crippen molar-refractivity contribution < 1.29 is 9.53 Å². The molecule has 0 aromatic rings. The fourth-order valence-electron chi connectivity index (χ4n) is 2.42. The van der Waals surface area contributed by atoms with Crippen molar-refractivity contribution in [3.8, 4) is 0 Å². The summed E-state index contributed by atoms with van der Waals surface area (Å²) in [5, 5.41) is 0. The van der Waals surface area contributed by atoms with Crippen molar-refractivity contribution in [2.45, 2.75) is 71.4 Å². The molecule has 3 heteroatoms. The summed E-state index contributed by atoms with van der Waals surface area (Å²) in [7, 11) is 1.87. The monoisotopic (exact) mass is 241 g/mol. The molecule has 0 heterocycles. The van der Waals surface area contributed by atoms with Crippen LogP contribution in [-0.4, -0.2) is 29.7 Å². The molecule has 0 radical (unpaired) electrons. The molecule has 0 aliphatic heterocycles. The Hall–Kier alpha value is -0.730. The Balaban J connectivity index is 2.43. The van der Waals surface area contributed by atoms with E-state index in [0.29, 0.717) is 6.04 Å². The van der Waals surface area contributed by atoms with Gasteiger partial charge in [-0.3, -0.25) is 0 Å². The standard InChI is InChI=1S/C14H27NO2/c1-6-11-7-9-12(10-8-11)15(5)13(16)17-14(2,3)4/h11-12H,6-10H2,1-5H3. The van der Waals surface area contributed by atoms with Gasteiger partial charge in [-0.2, -0.15) is 0 Å². The van der Waals surface area contributed by atoms with Crippen LogP contribution in [0.4, 0.5) is 4.79 Å². The van der Waals surface area contributed by atoms with Gasteiger partial charge in [0.1, 0.15) is 5.60 Å². The largest absolute Gasteiger partial charge is 0.444 e. The average Bonchev–Trinajstić information content (AvgIpc) is 2.26. The summed E-state index contributed by atoms with van der Waals surface area (Å²) >= 11 is 0. The van der Waals surface area contributed by atoms with Gasteiger partial charge in [0.05, 0.1) is 0 Å². The van der Waals surface area contributed by atoms with Crippen molar-refractivity contribution in [3.05, 3.63) is 0 Å². The molecule has 1 rings (SSSR count). The zero-order valence-corrected chi connectivity index (χ0v) is 12.0. The Kier molecular flexibility index (Phi) is 4.84. The predicted molar refractivity (Wildman–Crippen MR) is 70.0 cm³/mol. The van der Waals surface area contributed by atoms with E-state index in [0.717, 1.165) is 18.8 Å². The molecular weight excluding hydrogens is 214 g/mol. The third-order valence-corrected chi connectivity index (χ3v) is 3.62. The maximum Gasteiger partial charge on any atom is 0.410 e. The molecule has 1 aliphatic rings. The first-order chi connectivity index (χ1) is 7.83. The SMILES string of the molecule is CCC1CCC(N(C)C(=O)OC(C)(C)C)CC1. The number of carbonyl (C=O) groups excluding carboxylic acids is 1. The second-order valence-corrected chi connectivity index (χ2v) is 6.17. The Labute approximate surface area is 106 Å². The normalized spacial score (nSPS) is 25.5. The van der Waals surface area contributed by atoms with Crippen LogP contribution >= 0.6 is 0 Å². The lowest BCUT2D eigenvalue weighted by atomic mass is 9.84. The second-order valence-electron chi connectivity index (χ2n) is 6.17. The van der Waals surface area contributed by atoms with Crippen LogP contribution in [0.25, 0.3) is 0 Å². The molecular formula is C14H27NO2. The number of hydrogen-bond acceptors (Lipinski definition) is 2. The highest BCUT2D eigenvalue weighted by Gasteiger charge is 2.28. The Bertz CT molecular complexity index is 249. The third kappa shape index (κ3) is 4.57. The van der Waals surface area contributed by atoms with Crippen LogP contribution in [0.3, 0.4) is 0 Å². The summed E-state index contributed by atoms with van der Waals surface area (Å²) in [5.41, 5.74) is -0.397. The molecule has 0 unspecified atom stereocenters. The molecule has 17 heavy (non-hydrogen) atoms. The van der Waals surface area contributed by atoms with Crippen molar-refractivity contribution in [2.75, 3.05) is 7.05 Å². The molecule has 0 atom stereocenters. The maximum absolute atomic E-state index is 11.9. The van der Waals surface area contributed by atoms with Gasteiger partial charge < -0.3 is 9.64 Å². The van der Waals surface area contributed by atoms with E-state index < -0.39 is 5.60 Å². The molecule has 0 aromatic carbocycles. The number of hydrogen-bond donors (Lipinski definition) is 0. The van der Waals surface area contributed by atoms with Crippen LogP contribution in [0.15, 0.2) is 0 Å². The molecule has 1 saturated carbocycles. The fourth-order valence-corrected chi connectivity index (χ4v) is 2.42. The van der Waals surface area contributed by atoms with Crippen molar-refractivity contribution in [2.24, 2.45) is 5.92 Å². The van der Waals surface area contributed by atoms with E-state index in [-0.39, 0.29) is 6.09 Å². The summed E-state index contributed by atoms with van der Waals surface area (Å²) in [6, 6.07) is 0.368. The summed E-state index contributed by atoms with van der Waals surface area (Å²) in [6.07, 6.45) is 5.81. The maximum atomic E-state index is 11.9. The van der Waals surface area contributed by atoms with E-state index in [9.17, 15) is 4.79 Å². The molecule has 0 spiro atoms. The highest BCUT2D eigenvalue weighted by Crippen LogP contribution is 2.29. The van der Waals surface area contributed by atoms with Gasteiger partial charge >= 0.3 is 6.09 Å². The lowest BCUT2D eigenvalue weighted by Crippen LogP contribution is -2.42. The van der Waals surface area contributed by atoms with Crippen molar-refractivity contribution in [3.63, 3.8) is 0 Å². The minimum atomic E-state index is -0.397. The van der Waals surface area contributed by atoms with Crippen LogP contribution in [0.5, 0.6) is 0 Å². The van der Waals surface area contributed by atoms with E-state index in [2.05, 4.69) is 6.92 Å². The molecule has 1 amide bonds. The van der Waals surface area contributed by atoms with Gasteiger partial charge in [0.25, 0.3) is 0 Å². The first-order valence-electron chi connectivity index (χ1n) is 6.79. The third-order valence-electron chi connectivity index (χ3n) is 3.62. The van der Waals surface area contributed by atoms with Crippen LogP contribution in [-0.2, 0) is 4.74 Å². The minimum Gasteiger partial charge on any atom is -0.444 e. The number of rotatable bonds is 2. The molecule has 0 saturated heterocycles. The quantitative estimate of drug-likeness (QED) is 0.735. The molecule has 3 nitrogen and oxygen atoms in total. The summed E-state index contributed by atoms with van der Waals surface area (Å²) in [5.74, 6) is 0.860. The molecule has 0 bridgehead atoms. The molecule has 1 fully saturated rings. The van der Waals surface area contributed by atoms with E-state index >= 15 is 0 Å². The van der Waals surface area contributed by atoms with Crippen LogP contribution < -0.4 is 0 Å². The van der Waals surface area contributed by atoms with Gasteiger partial charge in [0.15, 0.2) is 0 Å². The van der Waals surface area contributed by atoms with Crippen molar-refractivity contribution in [1.82, 2.24) is 4.90 Å². The van der Waals surface area contributed by atoms with Gasteiger partial charge in [-0.15, -0.1) is 0 Å². The summed E-state index contributed by atoms with van der Waals surface area (Å²) < 4.78 is 5.39. The molecule has 1 aliphatic carbocycles. The van der Waals surface area contributed by atoms with Crippen LogP contribution in [0.1, 0.15) is 59.8 Å². The van der Waals surface area contributed by atoms with Gasteiger partial charge in [0.2, 0.25) is 0 Å². The average molecular weight is 241 g/mol. The number of ether oxygens (including phenoxy) is 1. The predicted octanol–water partition coefficient (Wildman–Crippen LogP) is 3.82. The zero-order chi connectivity index (χ0) is 13.1. The van der Waals surface area contributed by atoms with Gasteiger partial charge in [0, 0.05) is 13.1 Å². The lowest BCUT2D eigenvalue weighted by molar-refractivity contribution is 0.0172. The summed E-state index contributed by atoms with van der Waals surface area (Å²) in [4.78, 5) is 13.7. The molecule has 0 aromatic heterocycles. The van der Waals surface area contributed by atoms with E-state index in [1.54, 1.807) is 4.90 Å². The smallest absolute Gasteiger partial charge is 0.410 e.